The Hall–Kier alpha value is -1.71. The minimum atomic E-state index is -0.00734. The van der Waals surface area contributed by atoms with E-state index in [2.05, 4.69) is 19.2 Å². The minimum absolute atomic E-state index is 0.00734. The molecule has 0 bridgehead atoms. The standard InChI is InChI=1S/C17H25NO3/c1-11(2)9-16(19)18-17(12(3)4)13-5-6-14-15(10-13)21-8-7-20-14/h5-6,10-12,17H,7-9H2,1-4H3,(H,18,19). The third kappa shape index (κ3) is 4.13. The van der Waals surface area contributed by atoms with Crippen molar-refractivity contribution >= 4 is 5.91 Å². The number of ether oxygens (including phenoxy) is 2. The molecule has 0 radical (unpaired) electrons. The number of fused-ring (bicyclic) bond motifs is 1. The number of nitrogens with one attached hydrogen (secondary N) is 1. The van der Waals surface area contributed by atoms with E-state index in [1.54, 1.807) is 0 Å². The summed E-state index contributed by atoms with van der Waals surface area (Å²) in [5.41, 5.74) is 1.06. The van der Waals surface area contributed by atoms with Crippen LogP contribution in [-0.2, 0) is 4.79 Å². The largest absolute Gasteiger partial charge is 0.486 e. The second-order valence-electron chi connectivity index (χ2n) is 6.29. The van der Waals surface area contributed by atoms with Crippen LogP contribution < -0.4 is 14.8 Å². The normalized spacial score (nSPS) is 15.1. The molecule has 0 aliphatic carbocycles. The van der Waals surface area contributed by atoms with E-state index >= 15 is 0 Å². The lowest BCUT2D eigenvalue weighted by atomic mass is 9.95. The molecule has 0 saturated heterocycles. The molecule has 1 amide bonds. The summed E-state index contributed by atoms with van der Waals surface area (Å²) in [6.45, 7) is 9.48. The Bertz CT molecular complexity index is 497. The third-order valence-electron chi connectivity index (χ3n) is 3.50. The van der Waals surface area contributed by atoms with E-state index in [1.807, 2.05) is 32.0 Å². The average Bonchev–Trinajstić information content (AvgIpc) is 2.43. The lowest BCUT2D eigenvalue weighted by Gasteiger charge is -2.25. The zero-order chi connectivity index (χ0) is 15.4. The topological polar surface area (TPSA) is 47.6 Å². The Balaban J connectivity index is 2.16. The molecule has 2 rings (SSSR count). The first-order valence-corrected chi connectivity index (χ1v) is 7.66. The van der Waals surface area contributed by atoms with Crippen LogP contribution in [0.5, 0.6) is 11.5 Å². The summed E-state index contributed by atoms with van der Waals surface area (Å²) in [5, 5.41) is 3.14. The Labute approximate surface area is 126 Å². The molecule has 1 aliphatic rings. The van der Waals surface area contributed by atoms with Crippen molar-refractivity contribution in [1.82, 2.24) is 5.32 Å². The first kappa shape index (κ1) is 15.7. The number of carbonyl (C=O) groups excluding carboxylic acids is 1. The highest BCUT2D eigenvalue weighted by Crippen LogP contribution is 2.34. The van der Waals surface area contributed by atoms with Gasteiger partial charge in [-0.1, -0.05) is 33.8 Å². The van der Waals surface area contributed by atoms with Crippen molar-refractivity contribution in [2.24, 2.45) is 11.8 Å². The Kier molecular flexibility index (Phi) is 5.10. The van der Waals surface area contributed by atoms with Crippen LogP contribution in [-0.4, -0.2) is 19.1 Å². The van der Waals surface area contributed by atoms with E-state index in [0.29, 0.717) is 31.5 Å². The van der Waals surface area contributed by atoms with Crippen LogP contribution in [0.2, 0.25) is 0 Å². The van der Waals surface area contributed by atoms with E-state index in [0.717, 1.165) is 17.1 Å². The SMILES string of the molecule is CC(C)CC(=O)NC(c1ccc2c(c1)OCCO2)C(C)C. The molecule has 116 valence electrons. The van der Waals surface area contributed by atoms with Crippen LogP contribution in [0, 0.1) is 11.8 Å². The molecule has 4 heteroatoms. The van der Waals surface area contributed by atoms with Crippen molar-refractivity contribution in [2.45, 2.75) is 40.2 Å². The summed E-state index contributed by atoms with van der Waals surface area (Å²) in [5.74, 6) is 2.31. The van der Waals surface area contributed by atoms with E-state index in [9.17, 15) is 4.79 Å². The fourth-order valence-corrected chi connectivity index (χ4v) is 2.49. The van der Waals surface area contributed by atoms with E-state index < -0.39 is 0 Å². The van der Waals surface area contributed by atoms with Crippen LogP contribution in [0.4, 0.5) is 0 Å². The molecule has 1 aliphatic heterocycles. The molecule has 1 aromatic carbocycles. The van der Waals surface area contributed by atoms with Crippen LogP contribution in [0.15, 0.2) is 18.2 Å². The summed E-state index contributed by atoms with van der Waals surface area (Å²) in [7, 11) is 0. The Morgan fingerprint density at radius 2 is 1.81 bits per heavy atom. The lowest BCUT2D eigenvalue weighted by molar-refractivity contribution is -0.122. The lowest BCUT2D eigenvalue weighted by Crippen LogP contribution is -2.32. The molecule has 1 heterocycles. The third-order valence-corrected chi connectivity index (χ3v) is 3.50. The summed E-state index contributed by atoms with van der Waals surface area (Å²) in [6.07, 6.45) is 0.549. The molecule has 0 saturated carbocycles. The Morgan fingerprint density at radius 3 is 2.43 bits per heavy atom. The highest BCUT2D eigenvalue weighted by molar-refractivity contribution is 5.76. The number of benzene rings is 1. The van der Waals surface area contributed by atoms with Gasteiger partial charge in [0.05, 0.1) is 6.04 Å². The number of hydrogen-bond donors (Lipinski definition) is 1. The number of hydrogen-bond acceptors (Lipinski definition) is 3. The van der Waals surface area contributed by atoms with Gasteiger partial charge in [0.1, 0.15) is 13.2 Å². The summed E-state index contributed by atoms with van der Waals surface area (Å²) < 4.78 is 11.2. The van der Waals surface area contributed by atoms with Crippen molar-refractivity contribution < 1.29 is 14.3 Å². The van der Waals surface area contributed by atoms with Gasteiger partial charge in [-0.3, -0.25) is 4.79 Å². The maximum Gasteiger partial charge on any atom is 0.220 e. The first-order valence-electron chi connectivity index (χ1n) is 7.66. The van der Waals surface area contributed by atoms with E-state index in [1.165, 1.54) is 0 Å². The van der Waals surface area contributed by atoms with Crippen molar-refractivity contribution in [3.05, 3.63) is 23.8 Å². The van der Waals surface area contributed by atoms with E-state index in [-0.39, 0.29) is 11.9 Å². The second kappa shape index (κ2) is 6.83. The van der Waals surface area contributed by atoms with Gasteiger partial charge in [-0.2, -0.15) is 0 Å². The summed E-state index contributed by atoms with van der Waals surface area (Å²) >= 11 is 0. The quantitative estimate of drug-likeness (QED) is 0.905. The van der Waals surface area contributed by atoms with Crippen molar-refractivity contribution in [1.29, 1.82) is 0 Å². The zero-order valence-electron chi connectivity index (χ0n) is 13.3. The van der Waals surface area contributed by atoms with Crippen LogP contribution in [0.1, 0.15) is 45.7 Å². The molecule has 4 nitrogen and oxygen atoms in total. The molecule has 1 unspecified atom stereocenters. The molecule has 1 aromatic rings. The molecule has 1 atom stereocenters. The highest BCUT2D eigenvalue weighted by Gasteiger charge is 2.21. The first-order chi connectivity index (χ1) is 9.97. The molecule has 0 spiro atoms. The molecule has 21 heavy (non-hydrogen) atoms. The highest BCUT2D eigenvalue weighted by atomic mass is 16.6. The predicted octanol–water partition coefficient (Wildman–Crippen LogP) is 3.32. The maximum atomic E-state index is 12.1. The van der Waals surface area contributed by atoms with Crippen molar-refractivity contribution in [3.8, 4) is 11.5 Å². The molecular weight excluding hydrogens is 266 g/mol. The summed E-state index contributed by atoms with van der Waals surface area (Å²) in [6, 6.07) is 5.91. The van der Waals surface area contributed by atoms with Gasteiger partial charge in [0.15, 0.2) is 11.5 Å². The minimum Gasteiger partial charge on any atom is -0.486 e. The van der Waals surface area contributed by atoms with Gasteiger partial charge in [-0.25, -0.2) is 0 Å². The van der Waals surface area contributed by atoms with E-state index in [4.69, 9.17) is 9.47 Å². The second-order valence-corrected chi connectivity index (χ2v) is 6.29. The maximum absolute atomic E-state index is 12.1. The molecule has 0 aromatic heterocycles. The summed E-state index contributed by atoms with van der Waals surface area (Å²) in [4.78, 5) is 12.1. The molecule has 1 N–H and O–H groups in total. The van der Waals surface area contributed by atoms with Gasteiger partial charge < -0.3 is 14.8 Å². The van der Waals surface area contributed by atoms with Gasteiger partial charge in [0.25, 0.3) is 0 Å². The smallest absolute Gasteiger partial charge is 0.220 e. The van der Waals surface area contributed by atoms with Gasteiger partial charge in [0.2, 0.25) is 5.91 Å². The van der Waals surface area contributed by atoms with Gasteiger partial charge in [-0.15, -0.1) is 0 Å². The zero-order valence-corrected chi connectivity index (χ0v) is 13.3. The van der Waals surface area contributed by atoms with Gasteiger partial charge >= 0.3 is 0 Å². The monoisotopic (exact) mass is 291 g/mol. The average molecular weight is 291 g/mol. The fourth-order valence-electron chi connectivity index (χ4n) is 2.49. The molecular formula is C17H25NO3. The predicted molar refractivity (Wildman–Crippen MR) is 82.6 cm³/mol. The van der Waals surface area contributed by atoms with Crippen LogP contribution in [0.25, 0.3) is 0 Å². The van der Waals surface area contributed by atoms with Crippen LogP contribution in [0.3, 0.4) is 0 Å². The Morgan fingerprint density at radius 1 is 1.14 bits per heavy atom. The fraction of sp³-hybridized carbons (Fsp3) is 0.588. The number of amides is 1. The van der Waals surface area contributed by atoms with Crippen LogP contribution >= 0.6 is 0 Å². The number of rotatable bonds is 5. The van der Waals surface area contributed by atoms with Crippen molar-refractivity contribution in [2.75, 3.05) is 13.2 Å². The van der Waals surface area contributed by atoms with Crippen molar-refractivity contribution in [3.63, 3.8) is 0 Å². The van der Waals surface area contributed by atoms with Gasteiger partial charge in [0, 0.05) is 6.42 Å². The molecule has 0 fully saturated rings. The van der Waals surface area contributed by atoms with Gasteiger partial charge in [-0.05, 0) is 29.5 Å². The number of carbonyl (C=O) groups is 1.